The molecule has 0 spiro atoms. The molecule has 3 N–H and O–H groups in total. The number of amides is 1. The lowest BCUT2D eigenvalue weighted by atomic mass is 10.0. The second kappa shape index (κ2) is 5.26. The van der Waals surface area contributed by atoms with E-state index in [1.165, 1.54) is 0 Å². The Labute approximate surface area is 119 Å². The van der Waals surface area contributed by atoms with Gasteiger partial charge in [-0.25, -0.2) is 4.39 Å². The number of carbonyl (C=O) groups excluding carboxylic acids is 1. The Bertz CT molecular complexity index is 496. The van der Waals surface area contributed by atoms with E-state index in [-0.39, 0.29) is 15.2 Å². The molecule has 19 heavy (non-hydrogen) atoms. The van der Waals surface area contributed by atoms with Crippen LogP contribution >= 0.6 is 27.5 Å². The molecule has 0 heterocycles. The fraction of sp³-hybridized carbons (Fsp3) is 0.300. The van der Waals surface area contributed by atoms with Gasteiger partial charge in [-0.1, -0.05) is 11.6 Å². The Morgan fingerprint density at radius 3 is 2.37 bits per heavy atom. The fourth-order valence-electron chi connectivity index (χ4n) is 1.03. The first-order valence-electron chi connectivity index (χ1n) is 4.78. The van der Waals surface area contributed by atoms with Crippen molar-refractivity contribution in [2.75, 3.05) is 5.32 Å². The molecule has 0 radical (unpaired) electrons. The van der Waals surface area contributed by atoms with Gasteiger partial charge in [0, 0.05) is 4.47 Å². The van der Waals surface area contributed by atoms with Crippen LogP contribution in [0.25, 0.3) is 0 Å². The van der Waals surface area contributed by atoms with Crippen LogP contribution in [0.5, 0.6) is 0 Å². The van der Waals surface area contributed by atoms with Gasteiger partial charge in [-0.05, 0) is 35.0 Å². The normalized spacial score (nSPS) is 14.9. The van der Waals surface area contributed by atoms with E-state index in [0.29, 0.717) is 6.92 Å². The Balaban J connectivity index is 3.08. The monoisotopic (exact) mass is 362 g/mol. The molecule has 1 unspecified atom stereocenters. The summed E-state index contributed by atoms with van der Waals surface area (Å²) in [5, 5.41) is 1.67. The lowest BCUT2D eigenvalue weighted by Gasteiger charge is -2.26. The first-order chi connectivity index (χ1) is 8.46. The average Bonchev–Trinajstić information content (AvgIpc) is 2.21. The summed E-state index contributed by atoms with van der Waals surface area (Å²) in [6, 6.07) is 1.80. The number of hydrogen-bond donors (Lipinski definition) is 2. The van der Waals surface area contributed by atoms with Crippen LogP contribution in [0.1, 0.15) is 6.92 Å². The standard InChI is InChI=1S/C10H8BrClF4N2O/c1-9(17,10(14,15)16)8(19)18-7-5(11)2-4(13)3-6(7)12/h2-3H,17H2,1H3,(H,18,19). The van der Waals surface area contributed by atoms with Crippen molar-refractivity contribution < 1.29 is 22.4 Å². The number of carbonyl (C=O) groups is 1. The van der Waals surface area contributed by atoms with Gasteiger partial charge in [0.15, 0.2) is 5.54 Å². The molecule has 0 aromatic heterocycles. The number of halogens is 6. The van der Waals surface area contributed by atoms with Crippen molar-refractivity contribution in [3.8, 4) is 0 Å². The highest BCUT2D eigenvalue weighted by molar-refractivity contribution is 9.10. The highest BCUT2D eigenvalue weighted by Gasteiger charge is 2.54. The SMILES string of the molecule is CC(N)(C(=O)Nc1c(Cl)cc(F)cc1Br)C(F)(F)F. The zero-order valence-electron chi connectivity index (χ0n) is 9.41. The van der Waals surface area contributed by atoms with Crippen molar-refractivity contribution in [1.29, 1.82) is 0 Å². The molecular formula is C10H8BrClF4N2O. The highest BCUT2D eigenvalue weighted by atomic mass is 79.9. The molecular weight excluding hydrogens is 355 g/mol. The molecule has 3 nitrogen and oxygen atoms in total. The quantitative estimate of drug-likeness (QED) is 0.791. The van der Waals surface area contributed by atoms with Gasteiger partial charge < -0.3 is 11.1 Å². The Morgan fingerprint density at radius 2 is 1.95 bits per heavy atom. The Kier molecular flexibility index (Phi) is 4.48. The van der Waals surface area contributed by atoms with Crippen molar-refractivity contribution in [2.45, 2.75) is 18.6 Å². The number of hydrogen-bond acceptors (Lipinski definition) is 2. The highest BCUT2D eigenvalue weighted by Crippen LogP contribution is 2.34. The van der Waals surface area contributed by atoms with E-state index < -0.39 is 23.4 Å². The number of alkyl halides is 3. The summed E-state index contributed by atoms with van der Waals surface area (Å²) in [5.41, 5.74) is 1.67. The van der Waals surface area contributed by atoms with E-state index in [4.69, 9.17) is 17.3 Å². The zero-order valence-corrected chi connectivity index (χ0v) is 11.8. The molecule has 1 rings (SSSR count). The van der Waals surface area contributed by atoms with E-state index in [9.17, 15) is 22.4 Å². The van der Waals surface area contributed by atoms with Gasteiger partial charge >= 0.3 is 6.18 Å². The Morgan fingerprint density at radius 1 is 1.42 bits per heavy atom. The molecule has 1 aromatic rings. The number of benzene rings is 1. The van der Waals surface area contributed by atoms with Crippen LogP contribution in [0.15, 0.2) is 16.6 Å². The summed E-state index contributed by atoms with van der Waals surface area (Å²) in [6.07, 6.45) is -4.93. The third kappa shape index (κ3) is 3.37. The zero-order chi connectivity index (χ0) is 15.0. The van der Waals surface area contributed by atoms with Gasteiger partial charge in [-0.15, -0.1) is 0 Å². The predicted octanol–water partition coefficient (Wildman–Crippen LogP) is 3.46. The summed E-state index contributed by atoms with van der Waals surface area (Å²) >= 11 is 8.52. The first kappa shape index (κ1) is 16.2. The molecule has 0 aliphatic heterocycles. The van der Waals surface area contributed by atoms with Crippen molar-refractivity contribution >= 4 is 39.1 Å². The van der Waals surface area contributed by atoms with E-state index in [1.807, 2.05) is 5.32 Å². The second-order valence-electron chi connectivity index (χ2n) is 3.90. The number of rotatable bonds is 2. The van der Waals surface area contributed by atoms with Crippen LogP contribution in [0.2, 0.25) is 5.02 Å². The molecule has 1 amide bonds. The van der Waals surface area contributed by atoms with Crippen LogP contribution in [0, 0.1) is 5.82 Å². The topological polar surface area (TPSA) is 55.1 Å². The minimum absolute atomic E-state index is 0.00354. The first-order valence-corrected chi connectivity index (χ1v) is 5.95. The van der Waals surface area contributed by atoms with E-state index in [1.54, 1.807) is 0 Å². The second-order valence-corrected chi connectivity index (χ2v) is 5.16. The largest absolute Gasteiger partial charge is 0.415 e. The van der Waals surface area contributed by atoms with Gasteiger partial charge in [-0.3, -0.25) is 4.79 Å². The van der Waals surface area contributed by atoms with E-state index >= 15 is 0 Å². The summed E-state index contributed by atoms with van der Waals surface area (Å²) in [4.78, 5) is 11.5. The minimum atomic E-state index is -4.93. The lowest BCUT2D eigenvalue weighted by molar-refractivity contribution is -0.184. The maximum absolute atomic E-state index is 12.9. The number of nitrogens with one attached hydrogen (secondary N) is 1. The maximum atomic E-state index is 12.9. The van der Waals surface area contributed by atoms with Gasteiger partial charge in [0.1, 0.15) is 5.82 Å². The van der Waals surface area contributed by atoms with Gasteiger partial charge in [0.05, 0.1) is 10.7 Å². The molecule has 0 saturated heterocycles. The molecule has 1 aromatic carbocycles. The number of nitrogens with two attached hydrogens (primary N) is 1. The summed E-state index contributed by atoms with van der Waals surface area (Å²) < 4.78 is 50.6. The molecule has 0 aliphatic carbocycles. The van der Waals surface area contributed by atoms with E-state index in [0.717, 1.165) is 12.1 Å². The van der Waals surface area contributed by atoms with Crippen molar-refractivity contribution in [2.24, 2.45) is 5.73 Å². The van der Waals surface area contributed by atoms with Crippen LogP contribution in [0.4, 0.5) is 23.2 Å². The van der Waals surface area contributed by atoms with Gasteiger partial charge in [-0.2, -0.15) is 13.2 Å². The smallest absolute Gasteiger partial charge is 0.322 e. The van der Waals surface area contributed by atoms with Gasteiger partial charge in [0.25, 0.3) is 5.91 Å². The number of anilines is 1. The molecule has 106 valence electrons. The predicted molar refractivity (Wildman–Crippen MR) is 66.4 cm³/mol. The molecule has 9 heteroatoms. The minimum Gasteiger partial charge on any atom is -0.322 e. The summed E-state index contributed by atoms with van der Waals surface area (Å²) in [7, 11) is 0. The van der Waals surface area contributed by atoms with Crippen LogP contribution in [0.3, 0.4) is 0 Å². The van der Waals surface area contributed by atoms with E-state index in [2.05, 4.69) is 15.9 Å². The molecule has 0 aliphatic rings. The van der Waals surface area contributed by atoms with Crippen LogP contribution in [-0.2, 0) is 4.79 Å². The molecule has 0 bridgehead atoms. The Hall–Kier alpha value is -0.860. The summed E-state index contributed by atoms with van der Waals surface area (Å²) in [6.45, 7) is 0.521. The van der Waals surface area contributed by atoms with Gasteiger partial charge in [0.2, 0.25) is 0 Å². The molecule has 1 atom stereocenters. The third-order valence-electron chi connectivity index (χ3n) is 2.31. The lowest BCUT2D eigenvalue weighted by Crippen LogP contribution is -2.59. The average molecular weight is 364 g/mol. The molecule has 0 saturated carbocycles. The van der Waals surface area contributed by atoms with Crippen LogP contribution in [-0.4, -0.2) is 17.6 Å². The van der Waals surface area contributed by atoms with Crippen molar-refractivity contribution in [3.05, 3.63) is 27.4 Å². The third-order valence-corrected chi connectivity index (χ3v) is 3.23. The fourth-order valence-corrected chi connectivity index (χ4v) is 1.93. The van der Waals surface area contributed by atoms with Crippen LogP contribution < -0.4 is 11.1 Å². The van der Waals surface area contributed by atoms with Crippen molar-refractivity contribution in [3.63, 3.8) is 0 Å². The maximum Gasteiger partial charge on any atom is 0.415 e. The molecule has 0 fully saturated rings. The van der Waals surface area contributed by atoms with Crippen molar-refractivity contribution in [1.82, 2.24) is 0 Å². The summed E-state index contributed by atoms with van der Waals surface area (Å²) in [5.74, 6) is -2.21.